The van der Waals surface area contributed by atoms with Crippen LogP contribution in [0.4, 0.5) is 0 Å². The van der Waals surface area contributed by atoms with E-state index in [4.69, 9.17) is 4.42 Å². The number of nitrogens with zero attached hydrogens (tertiary/aromatic N) is 2. The molecule has 102 valence electrons. The van der Waals surface area contributed by atoms with Crippen LogP contribution in [-0.2, 0) is 19.5 Å². The van der Waals surface area contributed by atoms with E-state index in [0.717, 1.165) is 36.5 Å². The average Bonchev–Trinajstić information content (AvgIpc) is 2.87. The van der Waals surface area contributed by atoms with Gasteiger partial charge in [0.15, 0.2) is 0 Å². The van der Waals surface area contributed by atoms with E-state index < -0.39 is 0 Å². The van der Waals surface area contributed by atoms with E-state index in [9.17, 15) is 0 Å². The predicted octanol–water partition coefficient (Wildman–Crippen LogP) is 3.08. The maximum atomic E-state index is 5.89. The van der Waals surface area contributed by atoms with Gasteiger partial charge in [-0.15, -0.1) is 0 Å². The predicted molar refractivity (Wildman–Crippen MR) is 78.2 cm³/mol. The highest BCUT2D eigenvalue weighted by molar-refractivity contribution is 5.82. The van der Waals surface area contributed by atoms with Crippen LogP contribution in [0.25, 0.3) is 11.0 Å². The van der Waals surface area contributed by atoms with Crippen LogP contribution in [-0.4, -0.2) is 9.97 Å². The lowest BCUT2D eigenvalue weighted by atomic mass is 10.1. The molecule has 1 N–H and O–H groups in total. The zero-order valence-corrected chi connectivity index (χ0v) is 11.5. The number of benzene rings is 1. The van der Waals surface area contributed by atoms with Crippen molar-refractivity contribution < 1.29 is 4.42 Å². The molecule has 0 saturated carbocycles. The summed E-state index contributed by atoms with van der Waals surface area (Å²) in [5, 5.41) is 4.61. The molecule has 0 radical (unpaired) electrons. The molecule has 0 aliphatic heterocycles. The summed E-state index contributed by atoms with van der Waals surface area (Å²) in [6.07, 6.45) is 4.23. The number of aryl methyl sites for hydroxylation is 1. The zero-order valence-electron chi connectivity index (χ0n) is 11.5. The second-order valence-electron chi connectivity index (χ2n) is 4.66. The normalized spacial score (nSPS) is 11.1. The molecule has 0 bridgehead atoms. The molecule has 0 unspecified atom stereocenters. The van der Waals surface area contributed by atoms with Gasteiger partial charge in [0.2, 0.25) is 0 Å². The maximum Gasteiger partial charge on any atom is 0.134 e. The fraction of sp³-hybridized carbons (Fsp3) is 0.250. The van der Waals surface area contributed by atoms with Gasteiger partial charge in [0.05, 0.1) is 5.69 Å². The summed E-state index contributed by atoms with van der Waals surface area (Å²) in [5.41, 5.74) is 3.20. The Hall–Kier alpha value is -2.20. The molecule has 3 aromatic rings. The number of rotatable bonds is 5. The molecule has 1 aromatic carbocycles. The van der Waals surface area contributed by atoms with Gasteiger partial charge in [-0.1, -0.05) is 25.1 Å². The topological polar surface area (TPSA) is 51.0 Å². The van der Waals surface area contributed by atoms with Crippen molar-refractivity contribution >= 4 is 11.0 Å². The highest BCUT2D eigenvalue weighted by Crippen LogP contribution is 2.26. The van der Waals surface area contributed by atoms with Crippen molar-refractivity contribution in [2.24, 2.45) is 0 Å². The van der Waals surface area contributed by atoms with Gasteiger partial charge in [-0.3, -0.25) is 0 Å². The Morgan fingerprint density at radius 3 is 2.85 bits per heavy atom. The van der Waals surface area contributed by atoms with Gasteiger partial charge in [0, 0.05) is 36.7 Å². The first-order chi connectivity index (χ1) is 9.88. The lowest BCUT2D eigenvalue weighted by Gasteiger charge is -2.04. The third kappa shape index (κ3) is 2.56. The number of hydrogen-bond acceptors (Lipinski definition) is 4. The summed E-state index contributed by atoms with van der Waals surface area (Å²) < 4.78 is 5.89. The molecule has 0 atom stereocenters. The minimum absolute atomic E-state index is 0.727. The minimum atomic E-state index is 0.727. The average molecular weight is 267 g/mol. The van der Waals surface area contributed by atoms with Crippen LogP contribution < -0.4 is 5.32 Å². The molecule has 0 saturated heterocycles. The highest BCUT2D eigenvalue weighted by Gasteiger charge is 2.11. The van der Waals surface area contributed by atoms with Crippen LogP contribution in [0.15, 0.2) is 47.3 Å². The standard InChI is InChI=1S/C16H17N3O/c1-2-15-14(13-5-3-4-6-16(13)20-15)10-18-9-12-7-8-17-11-19-12/h3-8,11,18H,2,9-10H2,1H3. The summed E-state index contributed by atoms with van der Waals surface area (Å²) in [6.45, 7) is 3.63. The number of furan rings is 1. The largest absolute Gasteiger partial charge is 0.461 e. The Labute approximate surface area is 117 Å². The minimum Gasteiger partial charge on any atom is -0.461 e. The molecule has 0 amide bonds. The first kappa shape index (κ1) is 12.8. The van der Waals surface area contributed by atoms with E-state index >= 15 is 0 Å². The van der Waals surface area contributed by atoms with Gasteiger partial charge in [-0.05, 0) is 12.1 Å². The van der Waals surface area contributed by atoms with Crippen molar-refractivity contribution in [3.8, 4) is 0 Å². The molecule has 2 heterocycles. The van der Waals surface area contributed by atoms with Crippen LogP contribution in [0.5, 0.6) is 0 Å². The molecular formula is C16H17N3O. The van der Waals surface area contributed by atoms with E-state index in [2.05, 4.69) is 28.3 Å². The summed E-state index contributed by atoms with van der Waals surface area (Å²) in [7, 11) is 0. The quantitative estimate of drug-likeness (QED) is 0.772. The smallest absolute Gasteiger partial charge is 0.134 e. The molecule has 2 aromatic heterocycles. The molecule has 4 nitrogen and oxygen atoms in total. The van der Waals surface area contributed by atoms with Crippen molar-refractivity contribution in [2.45, 2.75) is 26.4 Å². The molecule has 3 rings (SSSR count). The number of fused-ring (bicyclic) bond motifs is 1. The second kappa shape index (κ2) is 5.84. The number of aromatic nitrogens is 2. The molecule has 0 aliphatic carbocycles. The monoisotopic (exact) mass is 267 g/mol. The summed E-state index contributed by atoms with van der Waals surface area (Å²) in [6, 6.07) is 10.1. The number of para-hydroxylation sites is 1. The fourth-order valence-corrected chi connectivity index (χ4v) is 2.37. The first-order valence-corrected chi connectivity index (χ1v) is 6.83. The molecule has 0 fully saturated rings. The second-order valence-corrected chi connectivity index (χ2v) is 4.66. The molecular weight excluding hydrogens is 250 g/mol. The third-order valence-electron chi connectivity index (χ3n) is 3.35. The van der Waals surface area contributed by atoms with Gasteiger partial charge >= 0.3 is 0 Å². The van der Waals surface area contributed by atoms with Crippen LogP contribution in [0, 0.1) is 0 Å². The highest BCUT2D eigenvalue weighted by atomic mass is 16.3. The molecule has 0 aliphatic rings. The zero-order chi connectivity index (χ0) is 13.8. The Balaban J connectivity index is 1.77. The molecule has 4 heteroatoms. The van der Waals surface area contributed by atoms with Gasteiger partial charge in [-0.25, -0.2) is 9.97 Å². The summed E-state index contributed by atoms with van der Waals surface area (Å²) in [5.74, 6) is 1.06. The van der Waals surface area contributed by atoms with Crippen molar-refractivity contribution in [1.82, 2.24) is 15.3 Å². The third-order valence-corrected chi connectivity index (χ3v) is 3.35. The molecule has 0 spiro atoms. The van der Waals surface area contributed by atoms with Gasteiger partial charge in [-0.2, -0.15) is 0 Å². The van der Waals surface area contributed by atoms with Gasteiger partial charge in [0.1, 0.15) is 17.7 Å². The number of nitrogens with one attached hydrogen (secondary N) is 1. The Morgan fingerprint density at radius 2 is 2.05 bits per heavy atom. The lowest BCUT2D eigenvalue weighted by molar-refractivity contribution is 0.543. The van der Waals surface area contributed by atoms with E-state index in [1.165, 1.54) is 10.9 Å². The van der Waals surface area contributed by atoms with E-state index in [1.54, 1.807) is 12.5 Å². The summed E-state index contributed by atoms with van der Waals surface area (Å²) >= 11 is 0. The van der Waals surface area contributed by atoms with Crippen molar-refractivity contribution in [2.75, 3.05) is 0 Å². The van der Waals surface area contributed by atoms with Gasteiger partial charge in [0.25, 0.3) is 0 Å². The fourth-order valence-electron chi connectivity index (χ4n) is 2.37. The number of hydrogen-bond donors (Lipinski definition) is 1. The van der Waals surface area contributed by atoms with E-state index in [-0.39, 0.29) is 0 Å². The van der Waals surface area contributed by atoms with E-state index in [0.29, 0.717) is 0 Å². The first-order valence-electron chi connectivity index (χ1n) is 6.83. The van der Waals surface area contributed by atoms with Crippen LogP contribution in [0.2, 0.25) is 0 Å². The van der Waals surface area contributed by atoms with Crippen LogP contribution >= 0.6 is 0 Å². The lowest BCUT2D eigenvalue weighted by Crippen LogP contribution is -2.14. The van der Waals surface area contributed by atoms with E-state index in [1.807, 2.05) is 24.3 Å². The maximum absolute atomic E-state index is 5.89. The Kier molecular flexibility index (Phi) is 3.74. The van der Waals surface area contributed by atoms with Gasteiger partial charge < -0.3 is 9.73 Å². The summed E-state index contributed by atoms with van der Waals surface area (Å²) in [4.78, 5) is 8.12. The molecule has 20 heavy (non-hydrogen) atoms. The Morgan fingerprint density at radius 1 is 1.15 bits per heavy atom. The van der Waals surface area contributed by atoms with Crippen molar-refractivity contribution in [3.63, 3.8) is 0 Å². The van der Waals surface area contributed by atoms with Crippen molar-refractivity contribution in [1.29, 1.82) is 0 Å². The van der Waals surface area contributed by atoms with Crippen LogP contribution in [0.1, 0.15) is 23.9 Å². The van der Waals surface area contributed by atoms with Crippen LogP contribution in [0.3, 0.4) is 0 Å². The van der Waals surface area contributed by atoms with Crippen molar-refractivity contribution in [3.05, 3.63) is 59.9 Å². The Bertz CT molecular complexity index is 691. The SMILES string of the molecule is CCc1oc2ccccc2c1CNCc1ccncn1.